The van der Waals surface area contributed by atoms with Crippen LogP contribution in [-0.4, -0.2) is 22.4 Å². The van der Waals surface area contributed by atoms with Crippen molar-refractivity contribution in [2.45, 2.75) is 32.2 Å². The number of aryl methyl sites for hydroxylation is 1. The Balaban J connectivity index is 1.47. The smallest absolute Gasteiger partial charge is 0.141 e. The van der Waals surface area contributed by atoms with Crippen molar-refractivity contribution >= 4 is 25.3 Å². The highest BCUT2D eigenvalue weighted by molar-refractivity contribution is 6.30. The Labute approximate surface area is 125 Å². The van der Waals surface area contributed by atoms with E-state index in [2.05, 4.69) is 27.3 Å². The maximum absolute atomic E-state index is 5.68. The van der Waals surface area contributed by atoms with Gasteiger partial charge in [0.05, 0.1) is 12.2 Å². The molecule has 1 aliphatic heterocycles. The summed E-state index contributed by atoms with van der Waals surface area (Å²) >= 11 is 0. The summed E-state index contributed by atoms with van der Waals surface area (Å²) in [5.41, 5.74) is 4.17. The molecule has 2 aliphatic rings. The quantitative estimate of drug-likeness (QED) is 0.867. The van der Waals surface area contributed by atoms with Gasteiger partial charge in [0, 0.05) is 30.7 Å². The summed E-state index contributed by atoms with van der Waals surface area (Å²) in [6, 6.07) is 3.75. The average molecular weight is 276 g/mol. The van der Waals surface area contributed by atoms with Crippen molar-refractivity contribution in [3.05, 3.63) is 41.6 Å². The number of aromatic nitrogens is 3. The fraction of sp³-hybridized carbons (Fsp3) is 0.375. The number of nitrogens with one attached hydrogen (secondary N) is 1. The number of rotatable bonds is 4. The predicted molar refractivity (Wildman–Crippen MR) is 84.5 cm³/mol. The summed E-state index contributed by atoms with van der Waals surface area (Å²) in [5, 5.41) is 3.34. The third-order valence-corrected chi connectivity index (χ3v) is 4.16. The Morgan fingerprint density at radius 1 is 1.33 bits per heavy atom. The van der Waals surface area contributed by atoms with Crippen LogP contribution in [0, 0.1) is 5.92 Å². The van der Waals surface area contributed by atoms with Crippen LogP contribution in [0.5, 0.6) is 0 Å². The summed E-state index contributed by atoms with van der Waals surface area (Å²) in [5.74, 6) is 2.02. The molecule has 0 atom stereocenters. The Morgan fingerprint density at radius 3 is 3.05 bits per heavy atom. The zero-order valence-electron chi connectivity index (χ0n) is 11.9. The first kappa shape index (κ1) is 12.7. The molecule has 4 nitrogen and oxygen atoms in total. The number of hydrogen-bond acceptors (Lipinski definition) is 3. The first-order chi connectivity index (χ1) is 10.3. The van der Waals surface area contributed by atoms with Gasteiger partial charge in [-0.15, -0.1) is 0 Å². The zero-order valence-corrected chi connectivity index (χ0v) is 11.9. The van der Waals surface area contributed by atoms with Crippen LogP contribution in [0.3, 0.4) is 0 Å². The highest BCUT2D eigenvalue weighted by Gasteiger charge is 2.28. The Hall–Kier alpha value is -2.04. The summed E-state index contributed by atoms with van der Waals surface area (Å²) in [7, 11) is 5.68. The van der Waals surface area contributed by atoms with Gasteiger partial charge in [0.25, 0.3) is 0 Å². The van der Waals surface area contributed by atoms with E-state index in [1.54, 1.807) is 11.8 Å². The Morgan fingerprint density at radius 2 is 2.24 bits per heavy atom. The topological polar surface area (TPSA) is 42.7 Å². The van der Waals surface area contributed by atoms with Gasteiger partial charge in [-0.25, -0.2) is 4.98 Å². The molecule has 2 radical (unpaired) electrons. The largest absolute Gasteiger partial charge is 0.379 e. The molecule has 2 aromatic rings. The van der Waals surface area contributed by atoms with Gasteiger partial charge in [-0.3, -0.25) is 4.98 Å². The van der Waals surface area contributed by atoms with Crippen LogP contribution in [-0.2, 0) is 13.0 Å². The van der Waals surface area contributed by atoms with Gasteiger partial charge in [-0.05, 0) is 48.5 Å². The van der Waals surface area contributed by atoms with Crippen LogP contribution in [0.2, 0.25) is 0 Å². The average Bonchev–Trinajstić information content (AvgIpc) is 3.25. The van der Waals surface area contributed by atoms with Gasteiger partial charge in [0.1, 0.15) is 13.7 Å². The minimum Gasteiger partial charge on any atom is -0.379 e. The molecule has 104 valence electrons. The minimum absolute atomic E-state index is 0.529. The van der Waals surface area contributed by atoms with E-state index in [9.17, 15) is 0 Å². The van der Waals surface area contributed by atoms with Crippen LogP contribution in [0.15, 0.2) is 30.1 Å². The van der Waals surface area contributed by atoms with Crippen LogP contribution in [0.1, 0.15) is 30.8 Å². The summed E-state index contributed by atoms with van der Waals surface area (Å²) in [6.45, 7) is 0.704. The molecule has 1 aliphatic carbocycles. The first-order valence-electron chi connectivity index (χ1n) is 7.50. The van der Waals surface area contributed by atoms with E-state index in [0.717, 1.165) is 23.7 Å². The molecule has 4 rings (SSSR count). The molecule has 1 saturated carbocycles. The normalized spacial score (nSPS) is 17.2. The molecule has 1 fully saturated rings. The van der Waals surface area contributed by atoms with Crippen LogP contribution in [0.4, 0.5) is 5.69 Å². The molecule has 2 aromatic heterocycles. The molecule has 0 saturated heterocycles. The van der Waals surface area contributed by atoms with Gasteiger partial charge in [-0.2, -0.15) is 0 Å². The predicted octanol–water partition coefficient (Wildman–Crippen LogP) is 1.88. The molecule has 0 unspecified atom stereocenters. The lowest BCUT2D eigenvalue weighted by molar-refractivity contribution is 0.756. The lowest BCUT2D eigenvalue weighted by Crippen LogP contribution is -2.09. The van der Waals surface area contributed by atoms with Crippen LogP contribution in [0.25, 0.3) is 6.20 Å². The molecular formula is C16H17BN4. The second-order valence-corrected chi connectivity index (χ2v) is 5.86. The number of hydrogen-bond donors (Lipinski definition) is 1. The highest BCUT2D eigenvalue weighted by atomic mass is 15.1. The van der Waals surface area contributed by atoms with Crippen molar-refractivity contribution in [2.75, 3.05) is 5.32 Å². The van der Waals surface area contributed by atoms with E-state index in [-0.39, 0.29) is 0 Å². The van der Waals surface area contributed by atoms with E-state index < -0.39 is 0 Å². The van der Waals surface area contributed by atoms with Crippen LogP contribution >= 0.6 is 0 Å². The minimum atomic E-state index is 0.529. The molecule has 0 amide bonds. The second kappa shape index (κ2) is 5.06. The maximum atomic E-state index is 5.68. The van der Waals surface area contributed by atoms with E-state index >= 15 is 0 Å². The number of allylic oxidation sites excluding steroid dienone is 1. The second-order valence-electron chi connectivity index (χ2n) is 5.86. The van der Waals surface area contributed by atoms with Gasteiger partial charge in [0.15, 0.2) is 0 Å². The fourth-order valence-corrected chi connectivity index (χ4v) is 2.88. The first-order valence-corrected chi connectivity index (χ1v) is 7.50. The number of fused-ring (bicyclic) bond motifs is 1. The summed E-state index contributed by atoms with van der Waals surface area (Å²) in [4.78, 5) is 8.70. The fourth-order valence-electron chi connectivity index (χ4n) is 2.88. The van der Waals surface area contributed by atoms with Crippen LogP contribution < -0.4 is 10.9 Å². The molecule has 21 heavy (non-hydrogen) atoms. The maximum Gasteiger partial charge on any atom is 0.141 e. The van der Waals surface area contributed by atoms with Crippen molar-refractivity contribution in [3.63, 3.8) is 0 Å². The summed E-state index contributed by atoms with van der Waals surface area (Å²) < 4.78 is 2.20. The van der Waals surface area contributed by atoms with E-state index in [1.165, 1.54) is 25.1 Å². The van der Waals surface area contributed by atoms with E-state index in [4.69, 9.17) is 12.8 Å². The third-order valence-electron chi connectivity index (χ3n) is 4.16. The molecule has 3 heterocycles. The number of anilines is 1. The molecule has 0 aromatic carbocycles. The molecule has 0 bridgehead atoms. The van der Waals surface area contributed by atoms with E-state index in [0.29, 0.717) is 12.1 Å². The third kappa shape index (κ3) is 2.73. The highest BCUT2D eigenvalue weighted by Crippen LogP contribution is 2.40. The van der Waals surface area contributed by atoms with Gasteiger partial charge < -0.3 is 9.88 Å². The van der Waals surface area contributed by atoms with Gasteiger partial charge in [-0.1, -0.05) is 0 Å². The Bertz CT molecular complexity index is 700. The monoisotopic (exact) mass is 276 g/mol. The van der Waals surface area contributed by atoms with Crippen molar-refractivity contribution in [2.24, 2.45) is 5.92 Å². The van der Waals surface area contributed by atoms with Crippen molar-refractivity contribution in [1.29, 1.82) is 0 Å². The number of nitrogens with zero attached hydrogens (tertiary/aromatic N) is 3. The zero-order chi connectivity index (χ0) is 14.2. The Kier molecular flexibility index (Phi) is 3.06. The number of imidazole rings is 1. The van der Waals surface area contributed by atoms with Crippen molar-refractivity contribution < 1.29 is 0 Å². The van der Waals surface area contributed by atoms with Crippen molar-refractivity contribution in [1.82, 2.24) is 14.5 Å². The van der Waals surface area contributed by atoms with E-state index in [1.807, 2.05) is 12.1 Å². The lowest BCUT2D eigenvalue weighted by atomic mass is 10.0. The van der Waals surface area contributed by atoms with Gasteiger partial charge in [0.2, 0.25) is 0 Å². The summed E-state index contributed by atoms with van der Waals surface area (Å²) in [6.07, 6.45) is 11.1. The molecule has 1 N–H and O–H groups in total. The molecular weight excluding hydrogens is 259 g/mol. The van der Waals surface area contributed by atoms with Crippen molar-refractivity contribution in [3.8, 4) is 0 Å². The standard InChI is InChI=1S/C16H17BN4/c17-15-7-13(5-6-18-15)19-8-14-10-21-9-12(11-1-2-11)3-4-16(21)20-14/h5-7,9-11H,1-4,8H2,(H,18,19). The SMILES string of the molecule is [B]c1cc(NCc2cn3c(n2)CCC(C2CC2)=C3)ccn1. The van der Waals surface area contributed by atoms with Gasteiger partial charge >= 0.3 is 0 Å². The lowest BCUT2D eigenvalue weighted by Gasteiger charge is -2.13. The molecule has 5 heteroatoms. The number of pyridine rings is 1. The molecule has 0 spiro atoms.